The third-order valence-corrected chi connectivity index (χ3v) is 4.16. The van der Waals surface area contributed by atoms with Gasteiger partial charge in [0.05, 0.1) is 0 Å². The predicted molar refractivity (Wildman–Crippen MR) is 92.9 cm³/mol. The summed E-state index contributed by atoms with van der Waals surface area (Å²) in [6, 6.07) is 24.2. The summed E-state index contributed by atoms with van der Waals surface area (Å²) in [6.45, 7) is 3.87. The minimum Gasteiger partial charge on any atom is -0.103 e. The predicted octanol–water partition coefficient (Wildman–Crippen LogP) is 5.87. The summed E-state index contributed by atoms with van der Waals surface area (Å²) in [6.07, 6.45) is 2.88. The van der Waals surface area contributed by atoms with E-state index in [0.717, 1.165) is 6.42 Å². The standard InChI is InChI=1S/C21H16/c1-2-6-15-9-5-10-18-13-19-11-16-7-3-4-8-17(16)12-20(19)14-21(15)18/h2-5,7-14H,1,6H2. The molecule has 4 aromatic carbocycles. The molecule has 0 atom stereocenters. The van der Waals surface area contributed by atoms with Gasteiger partial charge < -0.3 is 0 Å². The number of hydrogen-bond acceptors (Lipinski definition) is 0. The lowest BCUT2D eigenvalue weighted by Gasteiger charge is -2.08. The van der Waals surface area contributed by atoms with E-state index in [1.54, 1.807) is 0 Å². The quantitative estimate of drug-likeness (QED) is 0.315. The van der Waals surface area contributed by atoms with Crippen LogP contribution in [-0.4, -0.2) is 0 Å². The third kappa shape index (κ3) is 2.00. The molecule has 0 aliphatic rings. The first-order chi connectivity index (χ1) is 10.3. The molecule has 0 radical (unpaired) electrons. The van der Waals surface area contributed by atoms with Crippen molar-refractivity contribution in [3.05, 3.63) is 84.9 Å². The van der Waals surface area contributed by atoms with E-state index in [-0.39, 0.29) is 0 Å². The Labute approximate surface area is 124 Å². The van der Waals surface area contributed by atoms with Crippen molar-refractivity contribution in [2.24, 2.45) is 0 Å². The second kappa shape index (κ2) is 4.75. The summed E-state index contributed by atoms with van der Waals surface area (Å²) in [5.74, 6) is 0. The molecule has 0 heterocycles. The minimum absolute atomic E-state index is 0.913. The molecule has 0 unspecified atom stereocenters. The van der Waals surface area contributed by atoms with Crippen LogP contribution in [0.15, 0.2) is 79.4 Å². The molecule has 0 heteroatoms. The number of allylic oxidation sites excluding steroid dienone is 1. The Bertz CT molecular complexity index is 977. The first-order valence-corrected chi connectivity index (χ1v) is 7.30. The van der Waals surface area contributed by atoms with Crippen LogP contribution in [0.5, 0.6) is 0 Å². The van der Waals surface area contributed by atoms with Crippen molar-refractivity contribution in [2.75, 3.05) is 0 Å². The Balaban J connectivity index is 2.10. The highest BCUT2D eigenvalue weighted by Crippen LogP contribution is 2.29. The van der Waals surface area contributed by atoms with Gasteiger partial charge in [-0.15, -0.1) is 6.58 Å². The van der Waals surface area contributed by atoms with E-state index in [1.807, 2.05) is 6.08 Å². The average Bonchev–Trinajstić information content (AvgIpc) is 2.52. The highest BCUT2D eigenvalue weighted by molar-refractivity contribution is 6.05. The molecule has 21 heavy (non-hydrogen) atoms. The Morgan fingerprint density at radius 1 is 0.667 bits per heavy atom. The molecule has 0 amide bonds. The maximum atomic E-state index is 3.87. The number of hydrogen-bond donors (Lipinski definition) is 0. The molecule has 4 aromatic rings. The molecule has 100 valence electrons. The van der Waals surface area contributed by atoms with E-state index in [4.69, 9.17) is 0 Å². The Morgan fingerprint density at radius 3 is 2.00 bits per heavy atom. The number of fused-ring (bicyclic) bond motifs is 3. The summed E-state index contributed by atoms with van der Waals surface area (Å²) in [4.78, 5) is 0. The Hall–Kier alpha value is -2.60. The normalized spacial score (nSPS) is 11.2. The molecule has 0 aromatic heterocycles. The second-order valence-corrected chi connectivity index (χ2v) is 5.53. The first-order valence-electron chi connectivity index (χ1n) is 7.30. The summed E-state index contributed by atoms with van der Waals surface area (Å²) < 4.78 is 0. The van der Waals surface area contributed by atoms with Crippen LogP contribution in [0, 0.1) is 0 Å². The van der Waals surface area contributed by atoms with Crippen molar-refractivity contribution >= 4 is 32.3 Å². The van der Waals surface area contributed by atoms with Crippen molar-refractivity contribution in [1.29, 1.82) is 0 Å². The fourth-order valence-corrected chi connectivity index (χ4v) is 3.12. The van der Waals surface area contributed by atoms with Gasteiger partial charge >= 0.3 is 0 Å². The molecule has 4 rings (SSSR count). The molecular formula is C21H16. The zero-order valence-corrected chi connectivity index (χ0v) is 11.8. The molecule has 0 bridgehead atoms. The summed E-state index contributed by atoms with van der Waals surface area (Å²) in [5.41, 5.74) is 1.34. The number of benzene rings is 4. The Morgan fingerprint density at radius 2 is 1.29 bits per heavy atom. The zero-order chi connectivity index (χ0) is 14.2. The number of rotatable bonds is 2. The lowest BCUT2D eigenvalue weighted by atomic mass is 9.96. The lowest BCUT2D eigenvalue weighted by molar-refractivity contribution is 1.31. The van der Waals surface area contributed by atoms with Gasteiger partial charge in [0, 0.05) is 0 Å². The van der Waals surface area contributed by atoms with Crippen LogP contribution >= 0.6 is 0 Å². The van der Waals surface area contributed by atoms with Crippen molar-refractivity contribution in [3.8, 4) is 0 Å². The van der Waals surface area contributed by atoms with Crippen LogP contribution in [0.25, 0.3) is 32.3 Å². The highest BCUT2D eigenvalue weighted by Gasteiger charge is 2.03. The van der Waals surface area contributed by atoms with E-state index in [9.17, 15) is 0 Å². The van der Waals surface area contributed by atoms with Gasteiger partial charge in [0.25, 0.3) is 0 Å². The first kappa shape index (κ1) is 12.2. The van der Waals surface area contributed by atoms with Crippen LogP contribution in [0.2, 0.25) is 0 Å². The van der Waals surface area contributed by atoms with Crippen molar-refractivity contribution in [1.82, 2.24) is 0 Å². The highest BCUT2D eigenvalue weighted by atomic mass is 14.1. The van der Waals surface area contributed by atoms with Crippen LogP contribution < -0.4 is 0 Å². The maximum absolute atomic E-state index is 3.87. The summed E-state index contributed by atoms with van der Waals surface area (Å²) in [5, 5.41) is 7.84. The maximum Gasteiger partial charge on any atom is -0.00940 e. The minimum atomic E-state index is 0.913. The third-order valence-electron chi connectivity index (χ3n) is 4.16. The molecular weight excluding hydrogens is 252 g/mol. The molecule has 0 fully saturated rings. The SMILES string of the molecule is C=CCc1cccc2cc3cc4ccccc4cc3cc12. The van der Waals surface area contributed by atoms with Crippen LogP contribution in [0.3, 0.4) is 0 Å². The molecule has 0 saturated carbocycles. The van der Waals surface area contributed by atoms with E-state index in [0.29, 0.717) is 0 Å². The van der Waals surface area contributed by atoms with Gasteiger partial charge in [-0.1, -0.05) is 48.5 Å². The lowest BCUT2D eigenvalue weighted by Crippen LogP contribution is -1.85. The molecule has 0 aliphatic carbocycles. The molecule has 0 N–H and O–H groups in total. The molecule has 0 saturated heterocycles. The fraction of sp³-hybridized carbons (Fsp3) is 0.0476. The monoisotopic (exact) mass is 268 g/mol. The molecule has 0 spiro atoms. The van der Waals surface area contributed by atoms with Gasteiger partial charge in [-0.05, 0) is 68.6 Å². The van der Waals surface area contributed by atoms with Gasteiger partial charge in [0.1, 0.15) is 0 Å². The van der Waals surface area contributed by atoms with E-state index >= 15 is 0 Å². The van der Waals surface area contributed by atoms with E-state index < -0.39 is 0 Å². The second-order valence-electron chi connectivity index (χ2n) is 5.53. The molecule has 0 nitrogen and oxygen atoms in total. The van der Waals surface area contributed by atoms with Crippen molar-refractivity contribution in [3.63, 3.8) is 0 Å². The summed E-state index contributed by atoms with van der Waals surface area (Å²) in [7, 11) is 0. The van der Waals surface area contributed by atoms with Gasteiger partial charge in [0.15, 0.2) is 0 Å². The average molecular weight is 268 g/mol. The largest absolute Gasteiger partial charge is 0.103 e. The van der Waals surface area contributed by atoms with Crippen LogP contribution in [-0.2, 0) is 6.42 Å². The van der Waals surface area contributed by atoms with Crippen molar-refractivity contribution in [2.45, 2.75) is 6.42 Å². The van der Waals surface area contributed by atoms with Crippen LogP contribution in [0.4, 0.5) is 0 Å². The molecule has 0 aliphatic heterocycles. The van der Waals surface area contributed by atoms with E-state index in [2.05, 4.69) is 73.3 Å². The topological polar surface area (TPSA) is 0 Å². The zero-order valence-electron chi connectivity index (χ0n) is 11.8. The van der Waals surface area contributed by atoms with Crippen LogP contribution in [0.1, 0.15) is 5.56 Å². The van der Waals surface area contributed by atoms with Gasteiger partial charge in [-0.3, -0.25) is 0 Å². The smallest absolute Gasteiger partial charge is 0.00940 e. The van der Waals surface area contributed by atoms with Crippen molar-refractivity contribution < 1.29 is 0 Å². The summed E-state index contributed by atoms with van der Waals surface area (Å²) >= 11 is 0. The van der Waals surface area contributed by atoms with Gasteiger partial charge in [0.2, 0.25) is 0 Å². The van der Waals surface area contributed by atoms with Gasteiger partial charge in [-0.2, -0.15) is 0 Å². The van der Waals surface area contributed by atoms with Gasteiger partial charge in [-0.25, -0.2) is 0 Å². The Kier molecular flexibility index (Phi) is 2.75. The fourth-order valence-electron chi connectivity index (χ4n) is 3.12. The van der Waals surface area contributed by atoms with E-state index in [1.165, 1.54) is 37.9 Å².